The SMILES string of the molecule is COc1ccc(C[NH+](C)Cn2nnn(-c3ccc(C)c(C)c3)c2=S)c(OC)c1. The number of tetrazole rings is 1. The molecule has 28 heavy (non-hydrogen) atoms. The maximum atomic E-state index is 5.59. The first-order chi connectivity index (χ1) is 13.4. The van der Waals surface area contributed by atoms with Gasteiger partial charge in [-0.3, -0.25) is 0 Å². The highest BCUT2D eigenvalue weighted by atomic mass is 32.1. The molecule has 7 nitrogen and oxygen atoms in total. The van der Waals surface area contributed by atoms with Gasteiger partial charge in [0.1, 0.15) is 18.0 Å². The van der Waals surface area contributed by atoms with Crippen molar-refractivity contribution >= 4 is 12.2 Å². The Morgan fingerprint density at radius 1 is 1.00 bits per heavy atom. The number of hydrogen-bond donors (Lipinski definition) is 1. The van der Waals surface area contributed by atoms with Crippen LogP contribution in [0.15, 0.2) is 36.4 Å². The lowest BCUT2D eigenvalue weighted by Crippen LogP contribution is -3.07. The van der Waals surface area contributed by atoms with E-state index in [1.165, 1.54) is 16.0 Å². The third-order valence-corrected chi connectivity index (χ3v) is 5.16. The number of nitrogens with one attached hydrogen (secondary N) is 1. The van der Waals surface area contributed by atoms with Crippen LogP contribution in [-0.4, -0.2) is 41.1 Å². The van der Waals surface area contributed by atoms with E-state index in [1.54, 1.807) is 23.6 Å². The second-order valence-electron chi connectivity index (χ2n) is 6.91. The van der Waals surface area contributed by atoms with Crippen molar-refractivity contribution in [2.75, 3.05) is 21.3 Å². The zero-order chi connectivity index (χ0) is 20.3. The number of methoxy groups -OCH3 is 2. The Balaban J connectivity index is 1.76. The molecule has 1 heterocycles. The molecule has 0 radical (unpaired) electrons. The number of benzene rings is 2. The van der Waals surface area contributed by atoms with Crippen LogP contribution in [0.4, 0.5) is 0 Å². The van der Waals surface area contributed by atoms with Gasteiger partial charge in [0.15, 0.2) is 6.67 Å². The summed E-state index contributed by atoms with van der Waals surface area (Å²) in [5.74, 6) is 1.58. The van der Waals surface area contributed by atoms with Crippen LogP contribution >= 0.6 is 12.2 Å². The molecule has 0 amide bonds. The molecule has 1 atom stereocenters. The first-order valence-corrected chi connectivity index (χ1v) is 9.46. The number of nitrogens with zero attached hydrogens (tertiary/aromatic N) is 4. The summed E-state index contributed by atoms with van der Waals surface area (Å²) in [4.78, 5) is 1.20. The van der Waals surface area contributed by atoms with E-state index in [1.807, 2.05) is 24.3 Å². The van der Waals surface area contributed by atoms with Gasteiger partial charge in [-0.2, -0.15) is 9.36 Å². The zero-order valence-corrected chi connectivity index (χ0v) is 17.7. The minimum Gasteiger partial charge on any atom is -0.497 e. The Labute approximate surface area is 170 Å². The van der Waals surface area contributed by atoms with Gasteiger partial charge in [-0.1, -0.05) is 6.07 Å². The fraction of sp³-hybridized carbons (Fsp3) is 0.350. The summed E-state index contributed by atoms with van der Waals surface area (Å²) in [5.41, 5.74) is 4.45. The molecule has 0 aliphatic rings. The van der Waals surface area contributed by atoms with E-state index in [-0.39, 0.29) is 0 Å². The molecule has 0 saturated heterocycles. The van der Waals surface area contributed by atoms with Gasteiger partial charge in [0.05, 0.1) is 27.0 Å². The van der Waals surface area contributed by atoms with E-state index in [4.69, 9.17) is 21.7 Å². The maximum absolute atomic E-state index is 5.59. The van der Waals surface area contributed by atoms with Crippen LogP contribution in [0.5, 0.6) is 11.5 Å². The Morgan fingerprint density at radius 3 is 2.46 bits per heavy atom. The van der Waals surface area contributed by atoms with E-state index in [0.29, 0.717) is 11.4 Å². The highest BCUT2D eigenvalue weighted by Gasteiger charge is 2.14. The molecule has 8 heteroatoms. The van der Waals surface area contributed by atoms with Crippen molar-refractivity contribution < 1.29 is 14.4 Å². The fourth-order valence-corrected chi connectivity index (χ4v) is 3.27. The Hall–Kier alpha value is -2.71. The standard InChI is InChI=1S/C20H25N5O2S/c1-14-6-8-17(10-15(14)2)25-20(28)24(21-22-25)13-23(3)12-16-7-9-18(26-4)11-19(16)27-5/h6-11H,12-13H2,1-5H3/p+1. The molecule has 0 aliphatic carbocycles. The number of rotatable bonds is 7. The number of ether oxygens (including phenoxy) is 2. The molecule has 1 unspecified atom stereocenters. The average Bonchev–Trinajstić information content (AvgIpc) is 3.04. The van der Waals surface area contributed by atoms with Gasteiger partial charge >= 0.3 is 0 Å². The highest BCUT2D eigenvalue weighted by molar-refractivity contribution is 7.71. The summed E-state index contributed by atoms with van der Waals surface area (Å²) < 4.78 is 14.8. The lowest BCUT2D eigenvalue weighted by molar-refractivity contribution is -0.917. The molecule has 1 N–H and O–H groups in total. The lowest BCUT2D eigenvalue weighted by Gasteiger charge is -2.16. The zero-order valence-electron chi connectivity index (χ0n) is 16.9. The number of aryl methyl sites for hydroxylation is 2. The molecule has 1 aromatic heterocycles. The second kappa shape index (κ2) is 8.53. The number of aromatic nitrogens is 4. The summed E-state index contributed by atoms with van der Waals surface area (Å²) in [5, 5.41) is 8.49. The molecule has 3 rings (SSSR count). The number of quaternary nitrogens is 1. The lowest BCUT2D eigenvalue weighted by atomic mass is 10.1. The summed E-state index contributed by atoms with van der Waals surface area (Å²) in [6.07, 6.45) is 0. The van der Waals surface area contributed by atoms with Gasteiger partial charge in [-0.25, -0.2) is 0 Å². The van der Waals surface area contributed by atoms with Crippen molar-refractivity contribution in [2.45, 2.75) is 27.1 Å². The largest absolute Gasteiger partial charge is 0.497 e. The van der Waals surface area contributed by atoms with Crippen LogP contribution in [0.3, 0.4) is 0 Å². The van der Waals surface area contributed by atoms with Crippen molar-refractivity contribution in [3.8, 4) is 17.2 Å². The van der Waals surface area contributed by atoms with Crippen molar-refractivity contribution in [1.29, 1.82) is 0 Å². The Morgan fingerprint density at radius 2 is 1.79 bits per heavy atom. The molecule has 0 spiro atoms. The van der Waals surface area contributed by atoms with Gasteiger partial charge in [-0.15, -0.1) is 0 Å². The molecular formula is C20H26N5O2S+. The molecule has 0 aliphatic heterocycles. The second-order valence-corrected chi connectivity index (χ2v) is 7.28. The molecule has 3 aromatic rings. The molecular weight excluding hydrogens is 374 g/mol. The van der Waals surface area contributed by atoms with E-state index in [2.05, 4.69) is 43.5 Å². The summed E-state index contributed by atoms with van der Waals surface area (Å²) in [7, 11) is 5.39. The first kappa shape index (κ1) is 20.0. The summed E-state index contributed by atoms with van der Waals surface area (Å²) in [6, 6.07) is 12.0. The normalized spacial score (nSPS) is 12.0. The van der Waals surface area contributed by atoms with E-state index < -0.39 is 0 Å². The highest BCUT2D eigenvalue weighted by Crippen LogP contribution is 2.23. The summed E-state index contributed by atoms with van der Waals surface area (Å²) in [6.45, 7) is 5.51. The molecule has 0 bridgehead atoms. The van der Waals surface area contributed by atoms with Crippen molar-refractivity contribution in [1.82, 2.24) is 19.8 Å². The maximum Gasteiger partial charge on any atom is 0.225 e. The van der Waals surface area contributed by atoms with Gasteiger partial charge in [0.25, 0.3) is 0 Å². The Kier molecular flexibility index (Phi) is 6.11. The van der Waals surface area contributed by atoms with Crippen LogP contribution in [-0.2, 0) is 13.2 Å². The van der Waals surface area contributed by atoms with Crippen LogP contribution in [0.1, 0.15) is 16.7 Å². The van der Waals surface area contributed by atoms with E-state index in [9.17, 15) is 0 Å². The van der Waals surface area contributed by atoms with Crippen LogP contribution in [0.2, 0.25) is 0 Å². The van der Waals surface area contributed by atoms with E-state index >= 15 is 0 Å². The minimum atomic E-state index is 0.573. The number of hydrogen-bond acceptors (Lipinski definition) is 5. The van der Waals surface area contributed by atoms with Crippen LogP contribution < -0.4 is 14.4 Å². The van der Waals surface area contributed by atoms with Gasteiger partial charge < -0.3 is 14.4 Å². The van der Waals surface area contributed by atoms with Gasteiger partial charge in [-0.05, 0) is 71.9 Å². The third kappa shape index (κ3) is 4.23. The topological polar surface area (TPSA) is 58.5 Å². The van der Waals surface area contributed by atoms with Crippen LogP contribution in [0.25, 0.3) is 5.69 Å². The monoisotopic (exact) mass is 400 g/mol. The quantitative estimate of drug-likeness (QED) is 0.616. The van der Waals surface area contributed by atoms with Crippen LogP contribution in [0, 0.1) is 18.6 Å². The third-order valence-electron chi connectivity index (χ3n) is 4.78. The van der Waals surface area contributed by atoms with Gasteiger partial charge in [0.2, 0.25) is 4.77 Å². The Bertz CT molecular complexity index is 1030. The first-order valence-electron chi connectivity index (χ1n) is 9.05. The minimum absolute atomic E-state index is 0.573. The summed E-state index contributed by atoms with van der Waals surface area (Å²) >= 11 is 5.59. The van der Waals surface area contributed by atoms with Crippen molar-refractivity contribution in [2.24, 2.45) is 0 Å². The van der Waals surface area contributed by atoms with Gasteiger partial charge in [0, 0.05) is 11.6 Å². The average molecular weight is 401 g/mol. The van der Waals surface area contributed by atoms with E-state index in [0.717, 1.165) is 29.3 Å². The molecule has 0 saturated carbocycles. The molecule has 148 valence electrons. The predicted octanol–water partition coefficient (Wildman–Crippen LogP) is 2.10. The molecule has 2 aromatic carbocycles. The fourth-order valence-electron chi connectivity index (χ4n) is 3.03. The predicted molar refractivity (Wildman–Crippen MR) is 110 cm³/mol. The van der Waals surface area contributed by atoms with Crippen molar-refractivity contribution in [3.05, 3.63) is 57.9 Å². The molecule has 0 fully saturated rings. The van der Waals surface area contributed by atoms with Crippen molar-refractivity contribution in [3.63, 3.8) is 0 Å². The smallest absolute Gasteiger partial charge is 0.225 e.